The summed E-state index contributed by atoms with van der Waals surface area (Å²) in [6, 6.07) is 6.96. The van der Waals surface area contributed by atoms with Crippen LogP contribution in [0.1, 0.15) is 5.56 Å². The highest BCUT2D eigenvalue weighted by Gasteiger charge is 2.01. The van der Waals surface area contributed by atoms with Gasteiger partial charge in [-0.25, -0.2) is 0 Å². The molecule has 0 saturated carbocycles. The van der Waals surface area contributed by atoms with Crippen LogP contribution in [0.25, 0.3) is 0 Å². The van der Waals surface area contributed by atoms with Crippen molar-refractivity contribution < 1.29 is 0 Å². The SMILES string of the molecule is Cc1ccc(N/N=C(\C#N)C(=N)N)cc1Cl. The minimum atomic E-state index is -0.381. The van der Waals surface area contributed by atoms with Crippen molar-refractivity contribution in [3.05, 3.63) is 28.8 Å². The molecule has 5 nitrogen and oxygen atoms in total. The largest absolute Gasteiger partial charge is 0.382 e. The number of hydrazone groups is 1. The predicted molar refractivity (Wildman–Crippen MR) is 64.8 cm³/mol. The highest BCUT2D eigenvalue weighted by molar-refractivity contribution is 6.45. The van der Waals surface area contributed by atoms with Crippen LogP contribution in [-0.4, -0.2) is 11.5 Å². The highest BCUT2D eigenvalue weighted by Crippen LogP contribution is 2.19. The summed E-state index contributed by atoms with van der Waals surface area (Å²) in [5.41, 5.74) is 9.14. The number of halogens is 1. The molecule has 16 heavy (non-hydrogen) atoms. The first kappa shape index (κ1) is 12.0. The van der Waals surface area contributed by atoms with Crippen molar-refractivity contribution in [2.24, 2.45) is 10.8 Å². The maximum Gasteiger partial charge on any atom is 0.201 e. The Labute approximate surface area is 98.0 Å². The van der Waals surface area contributed by atoms with Crippen LogP contribution >= 0.6 is 11.6 Å². The Balaban J connectivity index is 2.86. The fraction of sp³-hybridized carbons (Fsp3) is 0.100. The van der Waals surface area contributed by atoms with Gasteiger partial charge in [0.25, 0.3) is 0 Å². The molecule has 0 aliphatic heterocycles. The highest BCUT2D eigenvalue weighted by atomic mass is 35.5. The van der Waals surface area contributed by atoms with Crippen LogP contribution in [0.2, 0.25) is 5.02 Å². The van der Waals surface area contributed by atoms with Gasteiger partial charge in [-0.15, -0.1) is 0 Å². The summed E-state index contributed by atoms with van der Waals surface area (Å²) in [6.45, 7) is 1.88. The Morgan fingerprint density at radius 3 is 2.81 bits per heavy atom. The molecule has 0 aromatic heterocycles. The number of hydrogen-bond donors (Lipinski definition) is 3. The zero-order valence-electron chi connectivity index (χ0n) is 8.58. The Morgan fingerprint density at radius 1 is 1.62 bits per heavy atom. The number of benzene rings is 1. The van der Waals surface area contributed by atoms with Crippen molar-refractivity contribution in [3.63, 3.8) is 0 Å². The summed E-state index contributed by atoms with van der Waals surface area (Å²) >= 11 is 5.91. The Hall–Kier alpha value is -2.06. The molecule has 0 bridgehead atoms. The molecule has 0 spiro atoms. The molecule has 82 valence electrons. The van der Waals surface area contributed by atoms with Crippen LogP contribution in [0.3, 0.4) is 0 Å². The van der Waals surface area contributed by atoms with Gasteiger partial charge in [-0.2, -0.15) is 10.4 Å². The van der Waals surface area contributed by atoms with Gasteiger partial charge in [0, 0.05) is 5.02 Å². The molecular weight excluding hydrogens is 226 g/mol. The van der Waals surface area contributed by atoms with Crippen LogP contribution < -0.4 is 11.2 Å². The molecule has 0 saturated heterocycles. The molecule has 1 aromatic carbocycles. The number of aryl methyl sites for hydroxylation is 1. The molecular formula is C10H10ClN5. The van der Waals surface area contributed by atoms with Gasteiger partial charge in [0.05, 0.1) is 5.69 Å². The molecule has 1 rings (SSSR count). The summed E-state index contributed by atoms with van der Waals surface area (Å²) in [5.74, 6) is -0.381. The molecule has 0 unspecified atom stereocenters. The van der Waals surface area contributed by atoms with Crippen LogP contribution in [0, 0.1) is 23.7 Å². The van der Waals surface area contributed by atoms with E-state index in [1.807, 2.05) is 13.0 Å². The summed E-state index contributed by atoms with van der Waals surface area (Å²) in [7, 11) is 0. The molecule has 4 N–H and O–H groups in total. The molecule has 0 atom stereocenters. The molecule has 1 aromatic rings. The Kier molecular flexibility index (Phi) is 3.86. The number of nitrogens with one attached hydrogen (secondary N) is 2. The molecule has 0 aliphatic rings. The van der Waals surface area contributed by atoms with Gasteiger partial charge >= 0.3 is 0 Å². The van der Waals surface area contributed by atoms with Crippen molar-refractivity contribution in [1.29, 1.82) is 10.7 Å². The molecule has 0 amide bonds. The average Bonchev–Trinajstić information content (AvgIpc) is 2.23. The lowest BCUT2D eigenvalue weighted by Gasteiger charge is -2.03. The lowest BCUT2D eigenvalue weighted by Crippen LogP contribution is -2.21. The standard InChI is InChI=1S/C10H10ClN5/c1-6-2-3-7(4-8(6)11)15-16-9(5-12)10(13)14/h2-4,15H,1H3,(H3,13,14)/b16-9+. The van der Waals surface area contributed by atoms with Crippen LogP contribution in [-0.2, 0) is 0 Å². The van der Waals surface area contributed by atoms with Gasteiger partial charge < -0.3 is 5.73 Å². The van der Waals surface area contributed by atoms with Gasteiger partial charge in [-0.05, 0) is 24.6 Å². The van der Waals surface area contributed by atoms with E-state index in [1.165, 1.54) is 0 Å². The quantitative estimate of drug-likeness (QED) is 0.424. The normalized spacial score (nSPS) is 10.7. The number of rotatable bonds is 3. The molecule has 6 heteroatoms. The van der Waals surface area contributed by atoms with E-state index in [-0.39, 0.29) is 11.5 Å². The zero-order valence-corrected chi connectivity index (χ0v) is 9.34. The smallest absolute Gasteiger partial charge is 0.201 e. The second-order valence-electron chi connectivity index (χ2n) is 3.06. The van der Waals surface area contributed by atoms with E-state index < -0.39 is 0 Å². The monoisotopic (exact) mass is 235 g/mol. The number of hydrogen-bond acceptors (Lipinski definition) is 4. The minimum absolute atomic E-state index is 0.170. The lowest BCUT2D eigenvalue weighted by molar-refractivity contribution is 1.32. The fourth-order valence-electron chi connectivity index (χ4n) is 0.928. The van der Waals surface area contributed by atoms with E-state index in [0.29, 0.717) is 10.7 Å². The second-order valence-corrected chi connectivity index (χ2v) is 3.47. The average molecular weight is 236 g/mol. The third kappa shape index (κ3) is 2.97. The maximum absolute atomic E-state index is 8.61. The summed E-state index contributed by atoms with van der Waals surface area (Å²) < 4.78 is 0. The van der Waals surface area contributed by atoms with Gasteiger partial charge in [-0.3, -0.25) is 10.8 Å². The van der Waals surface area contributed by atoms with E-state index >= 15 is 0 Å². The van der Waals surface area contributed by atoms with Crippen molar-refractivity contribution in [2.45, 2.75) is 6.92 Å². The minimum Gasteiger partial charge on any atom is -0.382 e. The topological polar surface area (TPSA) is 98.0 Å². The zero-order chi connectivity index (χ0) is 12.1. The molecule has 0 radical (unpaired) electrons. The van der Waals surface area contributed by atoms with Crippen LogP contribution in [0.5, 0.6) is 0 Å². The Bertz CT molecular complexity index is 486. The molecule has 0 fully saturated rings. The first-order chi connectivity index (χ1) is 7.54. The van der Waals surface area contributed by atoms with E-state index in [0.717, 1.165) is 5.56 Å². The number of amidine groups is 1. The summed E-state index contributed by atoms with van der Waals surface area (Å²) in [4.78, 5) is 0. The number of nitrogens with zero attached hydrogens (tertiary/aromatic N) is 2. The van der Waals surface area contributed by atoms with Gasteiger partial charge in [0.1, 0.15) is 6.07 Å². The van der Waals surface area contributed by atoms with Gasteiger partial charge in [-0.1, -0.05) is 17.7 Å². The van der Waals surface area contributed by atoms with Crippen LogP contribution in [0.4, 0.5) is 5.69 Å². The van der Waals surface area contributed by atoms with Crippen molar-refractivity contribution in [3.8, 4) is 6.07 Å². The van der Waals surface area contributed by atoms with E-state index in [9.17, 15) is 0 Å². The van der Waals surface area contributed by atoms with E-state index in [4.69, 9.17) is 28.0 Å². The maximum atomic E-state index is 8.61. The van der Waals surface area contributed by atoms with Crippen molar-refractivity contribution in [2.75, 3.05) is 5.43 Å². The van der Waals surface area contributed by atoms with E-state index in [1.54, 1.807) is 18.2 Å². The summed E-state index contributed by atoms with van der Waals surface area (Å²) in [6.07, 6.45) is 0. The second kappa shape index (κ2) is 5.14. The fourth-order valence-corrected chi connectivity index (χ4v) is 1.11. The first-order valence-electron chi connectivity index (χ1n) is 4.39. The van der Waals surface area contributed by atoms with Gasteiger partial charge in [0.2, 0.25) is 5.71 Å². The third-order valence-electron chi connectivity index (χ3n) is 1.83. The van der Waals surface area contributed by atoms with Crippen LogP contribution in [0.15, 0.2) is 23.3 Å². The Morgan fingerprint density at radius 2 is 2.31 bits per heavy atom. The molecule has 0 heterocycles. The lowest BCUT2D eigenvalue weighted by atomic mass is 10.2. The van der Waals surface area contributed by atoms with Gasteiger partial charge in [0.15, 0.2) is 5.84 Å². The third-order valence-corrected chi connectivity index (χ3v) is 2.24. The van der Waals surface area contributed by atoms with Crippen molar-refractivity contribution in [1.82, 2.24) is 0 Å². The number of anilines is 1. The number of nitriles is 1. The first-order valence-corrected chi connectivity index (χ1v) is 4.76. The predicted octanol–water partition coefficient (Wildman–Crippen LogP) is 1.88. The summed E-state index contributed by atoms with van der Waals surface area (Å²) in [5, 5.41) is 19.9. The van der Waals surface area contributed by atoms with Crippen molar-refractivity contribution >= 4 is 28.8 Å². The number of nitrogens with two attached hydrogens (primary N) is 1. The van der Waals surface area contributed by atoms with E-state index in [2.05, 4.69) is 10.5 Å². The molecule has 0 aliphatic carbocycles.